The minimum Gasteiger partial charge on any atom is -0.484 e. The number of ketones is 1. The van der Waals surface area contributed by atoms with Crippen molar-refractivity contribution in [2.75, 3.05) is 13.2 Å². The lowest BCUT2D eigenvalue weighted by Crippen LogP contribution is -2.57. The number of aromatic nitrogens is 1. The first-order valence-corrected chi connectivity index (χ1v) is 16.6. The van der Waals surface area contributed by atoms with Gasteiger partial charge in [0.25, 0.3) is 11.6 Å². The number of nitro groups is 1. The summed E-state index contributed by atoms with van der Waals surface area (Å²) in [6, 6.07) is 9.39. The number of rotatable bonds is 16. The van der Waals surface area contributed by atoms with Crippen LogP contribution >= 0.6 is 11.3 Å². The second kappa shape index (κ2) is 16.3. The summed E-state index contributed by atoms with van der Waals surface area (Å²) >= 11 is 1.21. The van der Waals surface area contributed by atoms with Crippen LogP contribution in [0.4, 0.5) is 5.69 Å². The molecule has 0 radical (unpaired) electrons. The molecular formula is C33H40N6O8S. The zero-order valence-corrected chi connectivity index (χ0v) is 28.0. The van der Waals surface area contributed by atoms with Gasteiger partial charge in [0.05, 0.1) is 21.2 Å². The van der Waals surface area contributed by atoms with Crippen LogP contribution in [0.2, 0.25) is 0 Å². The maximum atomic E-state index is 13.8. The number of benzene rings is 2. The smallest absolute Gasteiger partial charge is 0.269 e. The van der Waals surface area contributed by atoms with Gasteiger partial charge in [0, 0.05) is 24.6 Å². The first-order chi connectivity index (χ1) is 22.8. The van der Waals surface area contributed by atoms with Crippen LogP contribution in [0.5, 0.6) is 5.75 Å². The molecule has 1 fully saturated rings. The van der Waals surface area contributed by atoms with Gasteiger partial charge in [0.2, 0.25) is 23.5 Å². The Bertz CT molecular complexity index is 1620. The molecule has 4 amide bonds. The third-order valence-corrected chi connectivity index (χ3v) is 8.89. The first kappa shape index (κ1) is 35.9. The fourth-order valence-electron chi connectivity index (χ4n) is 5.31. The van der Waals surface area contributed by atoms with Crippen molar-refractivity contribution in [1.29, 1.82) is 0 Å². The normalized spacial score (nSPS) is 16.2. The third-order valence-electron chi connectivity index (χ3n) is 7.84. The molecule has 1 saturated heterocycles. The van der Waals surface area contributed by atoms with Crippen molar-refractivity contribution in [3.05, 3.63) is 63.7 Å². The number of non-ortho nitro benzene ring substituents is 1. The number of amides is 4. The highest BCUT2D eigenvalue weighted by atomic mass is 32.1. The van der Waals surface area contributed by atoms with E-state index in [9.17, 15) is 34.1 Å². The number of ether oxygens (including phenoxy) is 1. The van der Waals surface area contributed by atoms with Gasteiger partial charge in [-0.2, -0.15) is 0 Å². The summed E-state index contributed by atoms with van der Waals surface area (Å²) in [4.78, 5) is 81.0. The molecule has 0 saturated carbocycles. The van der Waals surface area contributed by atoms with E-state index >= 15 is 0 Å². The molecule has 4 N–H and O–H groups in total. The van der Waals surface area contributed by atoms with Crippen LogP contribution in [0.25, 0.3) is 10.2 Å². The molecule has 0 spiro atoms. The maximum Gasteiger partial charge on any atom is 0.269 e. The van der Waals surface area contributed by atoms with Crippen molar-refractivity contribution in [1.82, 2.24) is 26.3 Å². The van der Waals surface area contributed by atoms with Crippen LogP contribution < -0.4 is 26.0 Å². The number of Topliss-reactive ketones (excluding diaryl/α,β-unsaturated/α-hetero) is 1. The third kappa shape index (κ3) is 9.56. The first-order valence-electron chi connectivity index (χ1n) is 15.8. The molecule has 0 aliphatic carbocycles. The van der Waals surface area contributed by atoms with Gasteiger partial charge in [0.15, 0.2) is 11.6 Å². The number of hydrogen-bond acceptors (Lipinski definition) is 10. The number of hydrogen-bond donors (Lipinski definition) is 4. The largest absolute Gasteiger partial charge is 0.484 e. The molecule has 1 aliphatic heterocycles. The van der Waals surface area contributed by atoms with E-state index in [-0.39, 0.29) is 47.0 Å². The molecule has 48 heavy (non-hydrogen) atoms. The van der Waals surface area contributed by atoms with Crippen LogP contribution in [0.3, 0.4) is 0 Å². The Kier molecular flexibility index (Phi) is 12.2. The highest BCUT2D eigenvalue weighted by molar-refractivity contribution is 7.20. The van der Waals surface area contributed by atoms with E-state index in [1.807, 2.05) is 32.0 Å². The monoisotopic (exact) mass is 680 g/mol. The lowest BCUT2D eigenvalue weighted by atomic mass is 9.94. The van der Waals surface area contributed by atoms with Crippen LogP contribution in [0, 0.1) is 27.9 Å². The summed E-state index contributed by atoms with van der Waals surface area (Å²) in [5.74, 6) is -3.04. The van der Waals surface area contributed by atoms with Crippen LogP contribution in [-0.2, 0) is 19.2 Å². The van der Waals surface area contributed by atoms with E-state index in [0.29, 0.717) is 18.5 Å². The highest BCUT2D eigenvalue weighted by Crippen LogP contribution is 2.25. The fraction of sp³-hybridized carbons (Fsp3) is 0.455. The van der Waals surface area contributed by atoms with E-state index in [1.54, 1.807) is 19.9 Å². The molecule has 4 rings (SSSR count). The number of fused-ring (bicyclic) bond motifs is 1. The van der Waals surface area contributed by atoms with Gasteiger partial charge < -0.3 is 26.0 Å². The molecule has 14 nitrogen and oxygen atoms in total. The molecule has 4 atom stereocenters. The van der Waals surface area contributed by atoms with Gasteiger partial charge in [-0.05, 0) is 55.4 Å². The molecular weight excluding hydrogens is 640 g/mol. The number of nitrogens with one attached hydrogen (secondary N) is 4. The summed E-state index contributed by atoms with van der Waals surface area (Å²) in [6.45, 7) is 7.27. The van der Waals surface area contributed by atoms with E-state index < -0.39 is 59.1 Å². The van der Waals surface area contributed by atoms with Gasteiger partial charge >= 0.3 is 0 Å². The van der Waals surface area contributed by atoms with Crippen molar-refractivity contribution < 1.29 is 33.6 Å². The van der Waals surface area contributed by atoms with E-state index in [0.717, 1.165) is 4.70 Å². The number of thiazole rings is 1. The number of carbonyl (C=O) groups is 5. The molecule has 0 bridgehead atoms. The van der Waals surface area contributed by atoms with Crippen molar-refractivity contribution in [2.45, 2.75) is 65.1 Å². The predicted molar refractivity (Wildman–Crippen MR) is 178 cm³/mol. The van der Waals surface area contributed by atoms with Gasteiger partial charge in [-0.25, -0.2) is 4.98 Å². The Balaban J connectivity index is 1.45. The van der Waals surface area contributed by atoms with Crippen LogP contribution in [0.1, 0.15) is 56.8 Å². The zero-order valence-electron chi connectivity index (χ0n) is 27.2. The van der Waals surface area contributed by atoms with Gasteiger partial charge in [-0.3, -0.25) is 34.1 Å². The van der Waals surface area contributed by atoms with E-state index in [1.165, 1.54) is 35.6 Å². The Morgan fingerprint density at radius 2 is 1.69 bits per heavy atom. The van der Waals surface area contributed by atoms with Gasteiger partial charge in [-0.15, -0.1) is 11.3 Å². The van der Waals surface area contributed by atoms with Gasteiger partial charge in [0.1, 0.15) is 17.8 Å². The molecule has 3 aromatic rings. The Morgan fingerprint density at radius 3 is 2.29 bits per heavy atom. The average molecular weight is 681 g/mol. The van der Waals surface area contributed by atoms with Crippen LogP contribution in [0.15, 0.2) is 48.5 Å². The number of carbonyl (C=O) groups excluding carboxylic acids is 5. The Labute approximate surface area is 281 Å². The van der Waals surface area contributed by atoms with Crippen molar-refractivity contribution in [3.63, 3.8) is 0 Å². The van der Waals surface area contributed by atoms with Crippen molar-refractivity contribution >= 4 is 56.7 Å². The Morgan fingerprint density at radius 1 is 1.00 bits per heavy atom. The standard InChI is InChI=1S/C33H40N6O8S/c1-18(2)15-25(36-32(44)28(19(3)4)38-27(40)17-47-22-11-9-21(10-12-22)39(45)46)31(43)35-24(16-20-13-14-34-30(20)42)29(41)33-37-23-7-5-6-8-26(23)48-33/h5-12,18-20,24-25,28H,13-17H2,1-4H3,(H,34,42)(H,35,43)(H,36,44)(H,38,40)/t20-,24-,25-,28-/m0/s1. The minimum atomic E-state index is -1.06. The molecule has 0 unspecified atom stereocenters. The highest BCUT2D eigenvalue weighted by Gasteiger charge is 2.36. The lowest BCUT2D eigenvalue weighted by molar-refractivity contribution is -0.384. The molecule has 1 aromatic heterocycles. The summed E-state index contributed by atoms with van der Waals surface area (Å²) in [5, 5.41) is 22.0. The van der Waals surface area contributed by atoms with E-state index in [2.05, 4.69) is 26.3 Å². The van der Waals surface area contributed by atoms with Crippen LogP contribution in [-0.4, -0.2) is 70.6 Å². The Hall–Kier alpha value is -4.92. The summed E-state index contributed by atoms with van der Waals surface area (Å²) in [7, 11) is 0. The number of nitro benzene ring substituents is 1. The minimum absolute atomic E-state index is 0.0257. The van der Waals surface area contributed by atoms with E-state index in [4.69, 9.17) is 4.74 Å². The summed E-state index contributed by atoms with van der Waals surface area (Å²) < 4.78 is 6.24. The quantitative estimate of drug-likeness (QED) is 0.0997. The summed E-state index contributed by atoms with van der Waals surface area (Å²) in [5.41, 5.74) is 0.527. The summed E-state index contributed by atoms with van der Waals surface area (Å²) in [6.07, 6.45) is 0.841. The number of para-hydroxylation sites is 1. The number of nitrogens with zero attached hydrogens (tertiary/aromatic N) is 2. The molecule has 2 heterocycles. The molecule has 15 heteroatoms. The second-order valence-electron chi connectivity index (χ2n) is 12.4. The van der Waals surface area contributed by atoms with Crippen molar-refractivity contribution in [3.8, 4) is 5.75 Å². The second-order valence-corrected chi connectivity index (χ2v) is 13.5. The molecule has 2 aromatic carbocycles. The predicted octanol–water partition coefficient (Wildman–Crippen LogP) is 3.15. The van der Waals surface area contributed by atoms with Crippen molar-refractivity contribution in [2.24, 2.45) is 17.8 Å². The SMILES string of the molecule is CC(C)C[C@H](NC(=O)[C@@H](NC(=O)COc1ccc([N+](=O)[O-])cc1)C(C)C)C(=O)N[C@@H](C[C@@H]1CCNC1=O)C(=O)c1nc2ccccc2s1. The maximum absolute atomic E-state index is 13.8. The average Bonchev–Trinajstić information content (AvgIpc) is 3.67. The molecule has 1 aliphatic rings. The fourth-order valence-corrected chi connectivity index (χ4v) is 6.27. The lowest BCUT2D eigenvalue weighted by Gasteiger charge is -2.27. The topological polar surface area (TPSA) is 199 Å². The van der Waals surface area contributed by atoms with Gasteiger partial charge in [-0.1, -0.05) is 39.8 Å². The zero-order chi connectivity index (χ0) is 35.0. The molecule has 256 valence electrons.